The van der Waals surface area contributed by atoms with E-state index in [0.717, 1.165) is 18.3 Å². The molecule has 0 radical (unpaired) electrons. The first-order valence-electron chi connectivity index (χ1n) is 10.2. The molecule has 2 fully saturated rings. The summed E-state index contributed by atoms with van der Waals surface area (Å²) in [5.41, 5.74) is 1.30. The van der Waals surface area contributed by atoms with E-state index in [0.29, 0.717) is 18.3 Å². The van der Waals surface area contributed by atoms with E-state index in [2.05, 4.69) is 0 Å². The van der Waals surface area contributed by atoms with Crippen molar-refractivity contribution in [2.45, 2.75) is 70.1 Å². The number of nitriles is 1. The summed E-state index contributed by atoms with van der Waals surface area (Å²) in [6.45, 7) is 0. The molecule has 2 saturated carbocycles. The Labute approximate surface area is 156 Å². The van der Waals surface area contributed by atoms with Crippen molar-refractivity contribution in [2.75, 3.05) is 0 Å². The van der Waals surface area contributed by atoms with Crippen molar-refractivity contribution in [1.29, 1.82) is 5.26 Å². The van der Waals surface area contributed by atoms with Gasteiger partial charge in [-0.05, 0) is 98.8 Å². The highest BCUT2D eigenvalue weighted by Crippen LogP contribution is 2.44. The molecule has 3 heteroatoms. The summed E-state index contributed by atoms with van der Waals surface area (Å²) < 4.78 is 25.9. The lowest BCUT2D eigenvalue weighted by molar-refractivity contribution is 0.157. The van der Waals surface area contributed by atoms with E-state index in [-0.39, 0.29) is 5.82 Å². The number of allylic oxidation sites excluding steroid dienone is 2. The molecule has 1 aromatic carbocycles. The predicted octanol–water partition coefficient (Wildman–Crippen LogP) is 7.06. The van der Waals surface area contributed by atoms with Crippen LogP contribution < -0.4 is 0 Å². The van der Waals surface area contributed by atoms with Crippen LogP contribution in [-0.2, 0) is 0 Å². The van der Waals surface area contributed by atoms with Crippen LogP contribution in [0.4, 0.5) is 8.78 Å². The van der Waals surface area contributed by atoms with Crippen LogP contribution >= 0.6 is 0 Å². The van der Waals surface area contributed by atoms with Crippen molar-refractivity contribution < 1.29 is 8.78 Å². The Balaban J connectivity index is 1.39. The lowest BCUT2D eigenvalue weighted by atomic mass is 9.68. The molecule has 0 N–H and O–H groups in total. The molecule has 0 heterocycles. The van der Waals surface area contributed by atoms with E-state index in [9.17, 15) is 8.78 Å². The fourth-order valence-corrected chi connectivity index (χ4v) is 5.10. The topological polar surface area (TPSA) is 23.8 Å². The zero-order chi connectivity index (χ0) is 18.4. The van der Waals surface area contributed by atoms with Gasteiger partial charge in [0.05, 0.1) is 0 Å². The molecule has 1 nitrogen and oxygen atoms in total. The molecule has 140 valence electrons. The largest absolute Gasteiger partial charge is 0.207 e. The molecule has 2 aliphatic carbocycles. The normalized spacial score (nSPS) is 30.0. The van der Waals surface area contributed by atoms with E-state index in [1.165, 1.54) is 63.0 Å². The average Bonchev–Trinajstić information content (AvgIpc) is 2.69. The third-order valence-electron chi connectivity index (χ3n) is 6.68. The van der Waals surface area contributed by atoms with E-state index >= 15 is 0 Å². The predicted molar refractivity (Wildman–Crippen MR) is 101 cm³/mol. The lowest BCUT2D eigenvalue weighted by Gasteiger charge is -2.38. The maximum absolute atomic E-state index is 13.1. The SMILES string of the molecule is N#C/C(F)=C/CCC1CCC([C@H]2CC[C@H](c3ccc(F)cc3)CC2)CC1. The number of benzene rings is 1. The molecule has 0 bridgehead atoms. The molecule has 0 aliphatic heterocycles. The Hall–Kier alpha value is -1.69. The highest BCUT2D eigenvalue weighted by atomic mass is 19.1. The molecule has 26 heavy (non-hydrogen) atoms. The Morgan fingerprint density at radius 1 is 0.962 bits per heavy atom. The van der Waals surface area contributed by atoms with Gasteiger partial charge in [0.1, 0.15) is 11.9 Å². The first kappa shape index (κ1) is 19.1. The van der Waals surface area contributed by atoms with Gasteiger partial charge in [-0.3, -0.25) is 0 Å². The first-order valence-corrected chi connectivity index (χ1v) is 10.2. The molecule has 0 unspecified atom stereocenters. The van der Waals surface area contributed by atoms with Crippen molar-refractivity contribution in [2.24, 2.45) is 17.8 Å². The maximum Gasteiger partial charge on any atom is 0.196 e. The van der Waals surface area contributed by atoms with E-state index < -0.39 is 5.83 Å². The summed E-state index contributed by atoms with van der Waals surface area (Å²) in [5.74, 6) is 2.21. The zero-order valence-corrected chi connectivity index (χ0v) is 15.5. The third kappa shape index (κ3) is 5.16. The molecule has 1 aromatic rings. The zero-order valence-electron chi connectivity index (χ0n) is 15.5. The van der Waals surface area contributed by atoms with Gasteiger partial charge in [0.15, 0.2) is 5.83 Å². The maximum atomic E-state index is 13.1. The van der Waals surface area contributed by atoms with Gasteiger partial charge in [0, 0.05) is 0 Å². The molecule has 0 spiro atoms. The second-order valence-electron chi connectivity index (χ2n) is 8.19. The van der Waals surface area contributed by atoms with E-state index in [1.807, 2.05) is 12.1 Å². The Morgan fingerprint density at radius 3 is 2.12 bits per heavy atom. The van der Waals surface area contributed by atoms with Gasteiger partial charge in [0.25, 0.3) is 0 Å². The summed E-state index contributed by atoms with van der Waals surface area (Å²) in [6, 6.07) is 8.62. The molecule has 0 atom stereocenters. The van der Waals surface area contributed by atoms with Crippen molar-refractivity contribution >= 4 is 0 Å². The number of hydrogen-bond donors (Lipinski definition) is 0. The molecule has 2 aliphatic rings. The number of hydrogen-bond acceptors (Lipinski definition) is 1. The van der Waals surface area contributed by atoms with Crippen LogP contribution in [0.1, 0.15) is 75.7 Å². The molecule has 3 rings (SSSR count). The van der Waals surface area contributed by atoms with Crippen LogP contribution in [0.15, 0.2) is 36.2 Å². The van der Waals surface area contributed by atoms with Gasteiger partial charge in [0.2, 0.25) is 0 Å². The lowest BCUT2D eigenvalue weighted by Crippen LogP contribution is -2.25. The van der Waals surface area contributed by atoms with Crippen LogP contribution in [0.3, 0.4) is 0 Å². The molecular weight excluding hydrogens is 328 g/mol. The third-order valence-corrected chi connectivity index (χ3v) is 6.68. The highest BCUT2D eigenvalue weighted by Gasteiger charge is 2.31. The van der Waals surface area contributed by atoms with Gasteiger partial charge in [-0.25, -0.2) is 4.39 Å². The monoisotopic (exact) mass is 357 g/mol. The van der Waals surface area contributed by atoms with Crippen LogP contribution in [0.25, 0.3) is 0 Å². The fourth-order valence-electron chi connectivity index (χ4n) is 5.10. The summed E-state index contributed by atoms with van der Waals surface area (Å²) >= 11 is 0. The van der Waals surface area contributed by atoms with Gasteiger partial charge in [-0.1, -0.05) is 25.0 Å². The minimum atomic E-state index is -0.642. The minimum absolute atomic E-state index is 0.148. The quantitative estimate of drug-likeness (QED) is 0.517. The second-order valence-corrected chi connectivity index (χ2v) is 8.19. The van der Waals surface area contributed by atoms with E-state index in [1.54, 1.807) is 18.2 Å². The average molecular weight is 357 g/mol. The van der Waals surface area contributed by atoms with Gasteiger partial charge in [-0.15, -0.1) is 0 Å². The Bertz CT molecular complexity index is 627. The number of halogens is 2. The summed E-state index contributed by atoms with van der Waals surface area (Å²) in [5, 5.41) is 8.44. The Kier molecular flexibility index (Phi) is 6.83. The smallest absolute Gasteiger partial charge is 0.196 e. The summed E-state index contributed by atoms with van der Waals surface area (Å²) in [6.07, 6.45) is 13.3. The summed E-state index contributed by atoms with van der Waals surface area (Å²) in [4.78, 5) is 0. The van der Waals surface area contributed by atoms with Crippen LogP contribution in [0, 0.1) is 34.9 Å². The number of rotatable bonds is 5. The minimum Gasteiger partial charge on any atom is -0.207 e. The number of nitrogens with zero attached hydrogens (tertiary/aromatic N) is 1. The van der Waals surface area contributed by atoms with Crippen LogP contribution in [0.2, 0.25) is 0 Å². The van der Waals surface area contributed by atoms with Gasteiger partial charge in [-0.2, -0.15) is 9.65 Å². The van der Waals surface area contributed by atoms with E-state index in [4.69, 9.17) is 5.26 Å². The molecular formula is C23H29F2N. The van der Waals surface area contributed by atoms with Crippen LogP contribution in [-0.4, -0.2) is 0 Å². The standard InChI is InChI=1S/C23H29F2N/c24-22-14-12-21(13-15-22)20-10-8-19(9-11-20)18-6-4-17(5-7-18)2-1-3-23(25)16-26/h3,12-15,17-20H,1-2,4-11H2/b23-3-/t17?,18?,19-,20-. The van der Waals surface area contributed by atoms with Crippen LogP contribution in [0.5, 0.6) is 0 Å². The Morgan fingerprint density at radius 2 is 1.54 bits per heavy atom. The van der Waals surface area contributed by atoms with Crippen molar-refractivity contribution in [1.82, 2.24) is 0 Å². The molecule has 0 saturated heterocycles. The fraction of sp³-hybridized carbons (Fsp3) is 0.609. The molecule has 0 aromatic heterocycles. The van der Waals surface area contributed by atoms with Crippen molar-refractivity contribution in [3.63, 3.8) is 0 Å². The van der Waals surface area contributed by atoms with Crippen molar-refractivity contribution in [3.05, 3.63) is 47.5 Å². The van der Waals surface area contributed by atoms with Gasteiger partial charge >= 0.3 is 0 Å². The highest BCUT2D eigenvalue weighted by molar-refractivity contribution is 5.21. The van der Waals surface area contributed by atoms with Crippen molar-refractivity contribution in [3.8, 4) is 6.07 Å². The first-order chi connectivity index (χ1) is 12.7. The molecule has 0 amide bonds. The second kappa shape index (κ2) is 9.31. The summed E-state index contributed by atoms with van der Waals surface area (Å²) in [7, 11) is 0. The van der Waals surface area contributed by atoms with Gasteiger partial charge < -0.3 is 0 Å².